The summed E-state index contributed by atoms with van der Waals surface area (Å²) >= 11 is 0. The van der Waals surface area contributed by atoms with Gasteiger partial charge in [-0.1, -0.05) is 0 Å². The van der Waals surface area contributed by atoms with Crippen molar-refractivity contribution in [3.63, 3.8) is 0 Å². The van der Waals surface area contributed by atoms with Crippen LogP contribution in [0.2, 0.25) is 0 Å². The minimum atomic E-state index is -0.979. The Bertz CT molecular complexity index is 300. The first kappa shape index (κ1) is 11.4. The van der Waals surface area contributed by atoms with Gasteiger partial charge < -0.3 is 14.9 Å². The fourth-order valence-corrected chi connectivity index (χ4v) is 3.18. The van der Waals surface area contributed by atoms with Crippen LogP contribution in [0.1, 0.15) is 19.8 Å². The zero-order chi connectivity index (χ0) is 11.8. The molecule has 3 aliphatic heterocycles. The van der Waals surface area contributed by atoms with Gasteiger partial charge in [-0.3, -0.25) is 4.79 Å². The molecule has 3 heterocycles. The second kappa shape index (κ2) is 4.05. The fraction of sp³-hybridized carbons (Fsp3) is 0.818. The van der Waals surface area contributed by atoms with Crippen LogP contribution in [0.15, 0.2) is 0 Å². The van der Waals surface area contributed by atoms with Gasteiger partial charge in [-0.15, -0.1) is 0 Å². The number of carbonyl (C=O) groups is 2. The average molecular weight is 226 g/mol. The highest BCUT2D eigenvalue weighted by atomic mass is 16.4. The molecule has 0 spiro atoms. The molecule has 0 aliphatic carbocycles. The standard InChI is InChI=1S/C11H18N2O3/c1-2-13(8-14)11(10(15)16)7-12-5-3-9(11)4-6-12/h8-9H,2-7H2,1H3,(H,15,16). The largest absolute Gasteiger partial charge is 0.479 e. The summed E-state index contributed by atoms with van der Waals surface area (Å²) in [6, 6.07) is 0. The van der Waals surface area contributed by atoms with Crippen molar-refractivity contribution >= 4 is 12.4 Å². The lowest BCUT2D eigenvalue weighted by molar-refractivity contribution is -0.170. The number of rotatable bonds is 4. The van der Waals surface area contributed by atoms with Crippen LogP contribution in [0.5, 0.6) is 0 Å². The highest BCUT2D eigenvalue weighted by Crippen LogP contribution is 2.39. The Morgan fingerprint density at radius 1 is 1.56 bits per heavy atom. The first-order valence-corrected chi connectivity index (χ1v) is 5.83. The average Bonchev–Trinajstić information content (AvgIpc) is 2.31. The molecule has 90 valence electrons. The molecular weight excluding hydrogens is 208 g/mol. The summed E-state index contributed by atoms with van der Waals surface area (Å²) in [7, 11) is 0. The van der Waals surface area contributed by atoms with Gasteiger partial charge in [0.1, 0.15) is 0 Å². The summed E-state index contributed by atoms with van der Waals surface area (Å²) in [5, 5.41) is 9.52. The molecule has 3 fully saturated rings. The lowest BCUT2D eigenvalue weighted by Crippen LogP contribution is -2.70. The number of piperidine rings is 3. The number of hydrogen-bond acceptors (Lipinski definition) is 3. The van der Waals surface area contributed by atoms with E-state index in [0.717, 1.165) is 25.9 Å². The van der Waals surface area contributed by atoms with E-state index in [1.54, 1.807) is 0 Å². The lowest BCUT2D eigenvalue weighted by atomic mass is 9.72. The summed E-state index contributed by atoms with van der Waals surface area (Å²) in [5.41, 5.74) is -0.979. The molecule has 3 saturated heterocycles. The smallest absolute Gasteiger partial charge is 0.331 e. The van der Waals surface area contributed by atoms with Crippen LogP contribution >= 0.6 is 0 Å². The molecule has 1 unspecified atom stereocenters. The quantitative estimate of drug-likeness (QED) is 0.686. The van der Waals surface area contributed by atoms with Crippen molar-refractivity contribution in [2.75, 3.05) is 26.2 Å². The van der Waals surface area contributed by atoms with Gasteiger partial charge >= 0.3 is 5.97 Å². The topological polar surface area (TPSA) is 60.9 Å². The Kier molecular flexibility index (Phi) is 2.88. The van der Waals surface area contributed by atoms with Crippen molar-refractivity contribution < 1.29 is 14.7 Å². The number of carboxylic acid groups (broad SMARTS) is 1. The van der Waals surface area contributed by atoms with E-state index in [2.05, 4.69) is 4.90 Å². The highest BCUT2D eigenvalue weighted by molar-refractivity contribution is 5.82. The highest BCUT2D eigenvalue weighted by Gasteiger charge is 2.55. The Balaban J connectivity index is 2.35. The van der Waals surface area contributed by atoms with Crippen LogP contribution in [0.4, 0.5) is 0 Å². The van der Waals surface area contributed by atoms with Gasteiger partial charge in [0.15, 0.2) is 5.54 Å². The maximum atomic E-state index is 11.6. The number of fused-ring (bicyclic) bond motifs is 3. The third kappa shape index (κ3) is 1.42. The van der Waals surface area contributed by atoms with Crippen LogP contribution in [-0.4, -0.2) is 59.0 Å². The third-order valence-electron chi connectivity index (χ3n) is 4.08. The fourth-order valence-electron chi connectivity index (χ4n) is 3.18. The van der Waals surface area contributed by atoms with Crippen molar-refractivity contribution in [1.29, 1.82) is 0 Å². The van der Waals surface area contributed by atoms with Crippen LogP contribution in [0.3, 0.4) is 0 Å². The van der Waals surface area contributed by atoms with Gasteiger partial charge in [-0.25, -0.2) is 4.79 Å². The number of aliphatic carboxylic acids is 1. The molecule has 5 nitrogen and oxygen atoms in total. The monoisotopic (exact) mass is 226 g/mol. The maximum absolute atomic E-state index is 11.6. The van der Waals surface area contributed by atoms with Gasteiger partial charge in [-0.05, 0) is 38.8 Å². The Hall–Kier alpha value is -1.10. The van der Waals surface area contributed by atoms with Crippen molar-refractivity contribution in [3.05, 3.63) is 0 Å². The molecule has 3 rings (SSSR count). The number of hydrogen-bond donors (Lipinski definition) is 1. The maximum Gasteiger partial charge on any atom is 0.331 e. The van der Waals surface area contributed by atoms with E-state index >= 15 is 0 Å². The van der Waals surface area contributed by atoms with Crippen LogP contribution in [0.25, 0.3) is 0 Å². The molecule has 5 heteroatoms. The third-order valence-corrected chi connectivity index (χ3v) is 4.08. The molecule has 16 heavy (non-hydrogen) atoms. The number of carboxylic acids is 1. The second-order valence-electron chi connectivity index (χ2n) is 4.67. The molecule has 0 saturated carbocycles. The molecule has 1 amide bonds. The SMILES string of the molecule is CCN(C=O)C1(C(=O)O)CN2CCC1CC2. The van der Waals surface area contributed by atoms with E-state index in [9.17, 15) is 14.7 Å². The minimum absolute atomic E-state index is 0.111. The lowest BCUT2D eigenvalue weighted by Gasteiger charge is -2.54. The van der Waals surface area contributed by atoms with E-state index < -0.39 is 11.5 Å². The molecule has 0 aromatic carbocycles. The molecule has 1 N–H and O–H groups in total. The van der Waals surface area contributed by atoms with Gasteiger partial charge in [0.25, 0.3) is 0 Å². The van der Waals surface area contributed by atoms with Gasteiger partial charge in [0.2, 0.25) is 6.41 Å². The first-order chi connectivity index (χ1) is 7.65. The van der Waals surface area contributed by atoms with Crippen LogP contribution < -0.4 is 0 Å². The number of likely N-dealkylation sites (N-methyl/N-ethyl adjacent to an activating group) is 1. The molecular formula is C11H18N2O3. The molecule has 1 atom stereocenters. The Labute approximate surface area is 95.0 Å². The summed E-state index contributed by atoms with van der Waals surface area (Å²) in [6.07, 6.45) is 2.46. The molecule has 3 aliphatic rings. The zero-order valence-electron chi connectivity index (χ0n) is 9.56. The van der Waals surface area contributed by atoms with E-state index in [0.29, 0.717) is 19.5 Å². The Morgan fingerprint density at radius 2 is 2.19 bits per heavy atom. The predicted octanol–water partition coefficient (Wildman–Crippen LogP) is 0.0137. The van der Waals surface area contributed by atoms with Gasteiger partial charge in [-0.2, -0.15) is 0 Å². The van der Waals surface area contributed by atoms with Gasteiger partial charge in [0.05, 0.1) is 0 Å². The minimum Gasteiger partial charge on any atom is -0.479 e. The molecule has 0 aromatic heterocycles. The Morgan fingerprint density at radius 3 is 2.50 bits per heavy atom. The molecule has 0 radical (unpaired) electrons. The summed E-state index contributed by atoms with van der Waals surface area (Å²) in [6.45, 7) is 4.71. The van der Waals surface area contributed by atoms with E-state index in [-0.39, 0.29) is 5.92 Å². The zero-order valence-corrected chi connectivity index (χ0v) is 9.56. The van der Waals surface area contributed by atoms with E-state index in [1.165, 1.54) is 4.90 Å². The van der Waals surface area contributed by atoms with Crippen LogP contribution in [-0.2, 0) is 9.59 Å². The van der Waals surface area contributed by atoms with Crippen molar-refractivity contribution in [1.82, 2.24) is 9.80 Å². The van der Waals surface area contributed by atoms with Crippen molar-refractivity contribution in [2.45, 2.75) is 25.3 Å². The molecule has 0 aromatic rings. The molecule has 2 bridgehead atoms. The van der Waals surface area contributed by atoms with Gasteiger partial charge in [0, 0.05) is 13.1 Å². The predicted molar refractivity (Wildman–Crippen MR) is 58.0 cm³/mol. The number of amides is 1. The summed E-state index contributed by atoms with van der Waals surface area (Å²) < 4.78 is 0. The second-order valence-corrected chi connectivity index (χ2v) is 4.67. The first-order valence-electron chi connectivity index (χ1n) is 5.83. The van der Waals surface area contributed by atoms with Crippen molar-refractivity contribution in [3.8, 4) is 0 Å². The van der Waals surface area contributed by atoms with E-state index in [1.807, 2.05) is 6.92 Å². The summed E-state index contributed by atoms with van der Waals surface area (Å²) in [5.74, 6) is -0.740. The van der Waals surface area contributed by atoms with Crippen LogP contribution in [0, 0.1) is 5.92 Å². The number of nitrogens with zero attached hydrogens (tertiary/aromatic N) is 2. The summed E-state index contributed by atoms with van der Waals surface area (Å²) in [4.78, 5) is 26.3. The number of carbonyl (C=O) groups excluding carboxylic acids is 1. The van der Waals surface area contributed by atoms with E-state index in [4.69, 9.17) is 0 Å². The normalized spacial score (nSPS) is 37.1. The van der Waals surface area contributed by atoms with Crippen molar-refractivity contribution in [2.24, 2.45) is 5.92 Å².